The van der Waals surface area contributed by atoms with E-state index in [2.05, 4.69) is 34.5 Å². The Balaban J connectivity index is 1.69. The van der Waals surface area contributed by atoms with Crippen molar-refractivity contribution < 1.29 is 0 Å². The van der Waals surface area contributed by atoms with Gasteiger partial charge in [0.15, 0.2) is 0 Å². The predicted molar refractivity (Wildman–Crippen MR) is 84.0 cm³/mol. The standard InChI is InChI=1S/C17H27N3/c1-20(16-6-4-2-3-5-7-16)17-13-18-11-10-14(17)12-19-15-8-9-15/h10-11,13,15-16,19H,2-9,12H2,1H3. The van der Waals surface area contributed by atoms with Crippen LogP contribution in [-0.2, 0) is 6.54 Å². The topological polar surface area (TPSA) is 28.2 Å². The molecule has 0 aromatic carbocycles. The first-order chi connectivity index (χ1) is 9.84. The van der Waals surface area contributed by atoms with Crippen molar-refractivity contribution in [3.63, 3.8) is 0 Å². The Bertz CT molecular complexity index is 420. The van der Waals surface area contributed by atoms with Crippen LogP contribution in [-0.4, -0.2) is 24.1 Å². The van der Waals surface area contributed by atoms with E-state index in [1.54, 1.807) is 0 Å². The zero-order valence-corrected chi connectivity index (χ0v) is 12.6. The molecule has 0 radical (unpaired) electrons. The molecule has 110 valence electrons. The summed E-state index contributed by atoms with van der Waals surface area (Å²) in [5.41, 5.74) is 2.73. The maximum atomic E-state index is 4.36. The quantitative estimate of drug-likeness (QED) is 0.832. The summed E-state index contributed by atoms with van der Waals surface area (Å²) in [5, 5.41) is 3.63. The monoisotopic (exact) mass is 273 g/mol. The normalized spacial score (nSPS) is 20.6. The molecule has 0 atom stereocenters. The van der Waals surface area contributed by atoms with Crippen molar-refractivity contribution in [3.8, 4) is 0 Å². The average Bonchev–Trinajstić information content (AvgIpc) is 3.31. The highest BCUT2D eigenvalue weighted by atomic mass is 15.1. The lowest BCUT2D eigenvalue weighted by atomic mass is 10.1. The van der Waals surface area contributed by atoms with E-state index in [9.17, 15) is 0 Å². The molecular formula is C17H27N3. The molecule has 1 N–H and O–H groups in total. The molecule has 2 saturated carbocycles. The first kappa shape index (κ1) is 13.9. The van der Waals surface area contributed by atoms with Crippen LogP contribution in [0.2, 0.25) is 0 Å². The molecular weight excluding hydrogens is 246 g/mol. The Morgan fingerprint density at radius 2 is 1.90 bits per heavy atom. The Kier molecular flexibility index (Phi) is 4.56. The van der Waals surface area contributed by atoms with Crippen molar-refractivity contribution in [2.75, 3.05) is 11.9 Å². The minimum Gasteiger partial charge on any atom is -0.370 e. The maximum absolute atomic E-state index is 4.36. The van der Waals surface area contributed by atoms with Gasteiger partial charge in [-0.25, -0.2) is 0 Å². The van der Waals surface area contributed by atoms with Crippen molar-refractivity contribution in [1.29, 1.82) is 0 Å². The smallest absolute Gasteiger partial charge is 0.0598 e. The molecule has 0 aliphatic heterocycles. The van der Waals surface area contributed by atoms with E-state index in [0.717, 1.165) is 12.6 Å². The van der Waals surface area contributed by atoms with Crippen molar-refractivity contribution in [3.05, 3.63) is 24.0 Å². The van der Waals surface area contributed by atoms with Gasteiger partial charge in [-0.3, -0.25) is 4.98 Å². The molecule has 2 fully saturated rings. The Morgan fingerprint density at radius 3 is 2.60 bits per heavy atom. The van der Waals surface area contributed by atoms with Crippen LogP contribution in [0.4, 0.5) is 5.69 Å². The highest BCUT2D eigenvalue weighted by molar-refractivity contribution is 5.52. The lowest BCUT2D eigenvalue weighted by Crippen LogP contribution is -2.32. The summed E-state index contributed by atoms with van der Waals surface area (Å²) in [6, 6.07) is 3.64. The van der Waals surface area contributed by atoms with Gasteiger partial charge in [-0.1, -0.05) is 25.7 Å². The van der Waals surface area contributed by atoms with Crippen molar-refractivity contribution in [2.24, 2.45) is 0 Å². The van der Waals surface area contributed by atoms with Gasteiger partial charge in [0, 0.05) is 31.9 Å². The highest BCUT2D eigenvalue weighted by Crippen LogP contribution is 2.28. The van der Waals surface area contributed by atoms with Gasteiger partial charge >= 0.3 is 0 Å². The molecule has 3 rings (SSSR count). The van der Waals surface area contributed by atoms with E-state index in [1.807, 2.05) is 6.20 Å². The summed E-state index contributed by atoms with van der Waals surface area (Å²) in [4.78, 5) is 6.85. The van der Waals surface area contributed by atoms with Gasteiger partial charge in [0.25, 0.3) is 0 Å². The summed E-state index contributed by atoms with van der Waals surface area (Å²) in [7, 11) is 2.26. The summed E-state index contributed by atoms with van der Waals surface area (Å²) in [6.07, 6.45) is 14.9. The van der Waals surface area contributed by atoms with E-state index in [0.29, 0.717) is 6.04 Å². The first-order valence-corrected chi connectivity index (χ1v) is 8.23. The first-order valence-electron chi connectivity index (χ1n) is 8.23. The van der Waals surface area contributed by atoms with Crippen LogP contribution in [0.1, 0.15) is 56.9 Å². The fraction of sp³-hybridized carbons (Fsp3) is 0.706. The van der Waals surface area contributed by atoms with Crippen molar-refractivity contribution in [2.45, 2.75) is 70.0 Å². The molecule has 2 aliphatic carbocycles. The number of rotatable bonds is 5. The van der Waals surface area contributed by atoms with Gasteiger partial charge in [-0.2, -0.15) is 0 Å². The molecule has 0 amide bonds. The van der Waals surface area contributed by atoms with Gasteiger partial charge in [-0.05, 0) is 37.3 Å². The number of hydrogen-bond donors (Lipinski definition) is 1. The maximum Gasteiger partial charge on any atom is 0.0598 e. The SMILES string of the molecule is CN(c1cnccc1CNC1CC1)C1CCCCCC1. The minimum atomic E-state index is 0.696. The molecule has 20 heavy (non-hydrogen) atoms. The third-order valence-electron chi connectivity index (χ3n) is 4.80. The van der Waals surface area contributed by atoms with Crippen molar-refractivity contribution in [1.82, 2.24) is 10.3 Å². The third kappa shape index (κ3) is 3.51. The van der Waals surface area contributed by atoms with E-state index in [-0.39, 0.29) is 0 Å². The van der Waals surface area contributed by atoms with Gasteiger partial charge in [0.2, 0.25) is 0 Å². The van der Waals surface area contributed by atoms with Crippen LogP contribution in [0.15, 0.2) is 18.5 Å². The number of nitrogens with zero attached hydrogens (tertiary/aromatic N) is 2. The van der Waals surface area contributed by atoms with E-state index in [1.165, 1.54) is 62.6 Å². The molecule has 3 heteroatoms. The molecule has 0 saturated heterocycles. The second-order valence-electron chi connectivity index (χ2n) is 6.42. The molecule has 2 aliphatic rings. The van der Waals surface area contributed by atoms with Crippen LogP contribution < -0.4 is 10.2 Å². The number of anilines is 1. The second kappa shape index (κ2) is 6.57. The molecule has 3 nitrogen and oxygen atoms in total. The van der Waals surface area contributed by atoms with Gasteiger partial charge in [-0.15, -0.1) is 0 Å². The molecule has 1 aromatic rings. The van der Waals surface area contributed by atoms with Crippen LogP contribution in [0.3, 0.4) is 0 Å². The third-order valence-corrected chi connectivity index (χ3v) is 4.80. The molecule has 1 aromatic heterocycles. The largest absolute Gasteiger partial charge is 0.370 e. The molecule has 0 spiro atoms. The van der Waals surface area contributed by atoms with Crippen LogP contribution in [0.25, 0.3) is 0 Å². The highest BCUT2D eigenvalue weighted by Gasteiger charge is 2.22. The summed E-state index contributed by atoms with van der Waals surface area (Å²) in [6.45, 7) is 0.986. The number of aromatic nitrogens is 1. The summed E-state index contributed by atoms with van der Waals surface area (Å²) in [5.74, 6) is 0. The fourth-order valence-corrected chi connectivity index (χ4v) is 3.27. The molecule has 0 bridgehead atoms. The lowest BCUT2D eigenvalue weighted by molar-refractivity contribution is 0.550. The second-order valence-corrected chi connectivity index (χ2v) is 6.42. The predicted octanol–water partition coefficient (Wildman–Crippen LogP) is 3.49. The summed E-state index contributed by atoms with van der Waals surface area (Å²) >= 11 is 0. The van der Waals surface area contributed by atoms with Crippen LogP contribution in [0.5, 0.6) is 0 Å². The Labute approximate surface area is 122 Å². The Morgan fingerprint density at radius 1 is 1.15 bits per heavy atom. The minimum absolute atomic E-state index is 0.696. The van der Waals surface area contributed by atoms with Gasteiger partial charge in [0.1, 0.15) is 0 Å². The van der Waals surface area contributed by atoms with Crippen LogP contribution in [0, 0.1) is 0 Å². The number of hydrogen-bond acceptors (Lipinski definition) is 3. The Hall–Kier alpha value is -1.09. The lowest BCUT2D eigenvalue weighted by Gasteiger charge is -2.30. The fourth-order valence-electron chi connectivity index (χ4n) is 3.27. The van der Waals surface area contributed by atoms with E-state index >= 15 is 0 Å². The van der Waals surface area contributed by atoms with Gasteiger partial charge < -0.3 is 10.2 Å². The number of nitrogens with one attached hydrogen (secondary N) is 1. The number of pyridine rings is 1. The zero-order valence-electron chi connectivity index (χ0n) is 12.6. The summed E-state index contributed by atoms with van der Waals surface area (Å²) < 4.78 is 0. The van der Waals surface area contributed by atoms with Crippen molar-refractivity contribution >= 4 is 5.69 Å². The van der Waals surface area contributed by atoms with Gasteiger partial charge in [0.05, 0.1) is 11.9 Å². The molecule has 0 unspecified atom stereocenters. The van der Waals surface area contributed by atoms with E-state index in [4.69, 9.17) is 0 Å². The average molecular weight is 273 g/mol. The molecule has 1 heterocycles. The zero-order chi connectivity index (χ0) is 13.8. The van der Waals surface area contributed by atoms with E-state index < -0.39 is 0 Å². The van der Waals surface area contributed by atoms with Crippen LogP contribution >= 0.6 is 0 Å².